The molecule has 0 saturated heterocycles. The van der Waals surface area contributed by atoms with Gasteiger partial charge in [-0.05, 0) is 55.6 Å². The van der Waals surface area contributed by atoms with Crippen LogP contribution in [-0.2, 0) is 6.54 Å². The Morgan fingerprint density at radius 3 is 2.72 bits per heavy atom. The fourth-order valence-corrected chi connectivity index (χ4v) is 3.08. The summed E-state index contributed by atoms with van der Waals surface area (Å²) in [5.41, 5.74) is 1.58. The van der Waals surface area contributed by atoms with Crippen LogP contribution in [0.2, 0.25) is 0 Å². The highest BCUT2D eigenvalue weighted by Crippen LogP contribution is 2.22. The maximum absolute atomic E-state index is 12.2. The lowest BCUT2D eigenvalue weighted by Crippen LogP contribution is -2.27. The molecule has 6 heteroatoms. The zero-order chi connectivity index (χ0) is 17.6. The molecule has 2 aromatic heterocycles. The average Bonchev–Trinajstić information content (AvgIpc) is 3.26. The van der Waals surface area contributed by atoms with E-state index in [0.29, 0.717) is 18.7 Å². The van der Waals surface area contributed by atoms with E-state index in [1.54, 1.807) is 23.5 Å². The molecule has 1 N–H and O–H groups in total. The summed E-state index contributed by atoms with van der Waals surface area (Å²) in [6.07, 6.45) is 2.05. The van der Waals surface area contributed by atoms with Gasteiger partial charge in [0.15, 0.2) is 0 Å². The first-order valence-electron chi connectivity index (χ1n) is 8.24. The average molecular weight is 355 g/mol. The van der Waals surface area contributed by atoms with Gasteiger partial charge in [0.25, 0.3) is 5.91 Å². The number of rotatable bonds is 7. The molecule has 0 unspecified atom stereocenters. The molecule has 5 nitrogen and oxygen atoms in total. The Balaban J connectivity index is 1.49. The largest absolute Gasteiger partial charge is 0.491 e. The van der Waals surface area contributed by atoms with E-state index in [9.17, 15) is 4.79 Å². The summed E-state index contributed by atoms with van der Waals surface area (Å²) in [7, 11) is 0. The number of hydrogen-bond acceptors (Lipinski definition) is 4. The van der Waals surface area contributed by atoms with Gasteiger partial charge >= 0.3 is 0 Å². The summed E-state index contributed by atoms with van der Waals surface area (Å²) in [4.78, 5) is 13.3. The summed E-state index contributed by atoms with van der Waals surface area (Å²) < 4.78 is 7.42. The van der Waals surface area contributed by atoms with Crippen molar-refractivity contribution < 1.29 is 9.53 Å². The van der Waals surface area contributed by atoms with Crippen LogP contribution in [0.3, 0.4) is 0 Å². The van der Waals surface area contributed by atoms with E-state index in [0.717, 1.165) is 16.3 Å². The molecule has 3 rings (SSSR count). The van der Waals surface area contributed by atoms with E-state index in [4.69, 9.17) is 4.74 Å². The first-order chi connectivity index (χ1) is 12.1. The summed E-state index contributed by atoms with van der Waals surface area (Å²) in [5.74, 6) is 0.672. The molecule has 0 saturated carbocycles. The van der Waals surface area contributed by atoms with Gasteiger partial charge in [-0.1, -0.05) is 6.07 Å². The smallest absolute Gasteiger partial charge is 0.251 e. The van der Waals surface area contributed by atoms with Gasteiger partial charge in [-0.15, -0.1) is 11.3 Å². The second kappa shape index (κ2) is 7.98. The lowest BCUT2D eigenvalue weighted by Gasteiger charge is -2.10. The number of ether oxygens (including phenoxy) is 1. The van der Waals surface area contributed by atoms with Crippen molar-refractivity contribution in [1.82, 2.24) is 15.1 Å². The van der Waals surface area contributed by atoms with Crippen molar-refractivity contribution in [2.24, 2.45) is 0 Å². The van der Waals surface area contributed by atoms with Crippen molar-refractivity contribution in [3.8, 4) is 16.3 Å². The van der Waals surface area contributed by atoms with Crippen LogP contribution in [-0.4, -0.2) is 28.3 Å². The minimum Gasteiger partial charge on any atom is -0.491 e. The standard InChI is InChI=1S/C19H21N3O2S/c1-14(2)24-16-7-5-15(6-8-16)19(23)20-10-12-22-11-9-17(21-22)18-4-3-13-25-18/h3-9,11,13-14H,10,12H2,1-2H3,(H,20,23). The molecular formula is C19H21N3O2S. The summed E-state index contributed by atoms with van der Waals surface area (Å²) in [5, 5.41) is 9.47. The number of hydrogen-bond donors (Lipinski definition) is 1. The van der Waals surface area contributed by atoms with Gasteiger partial charge in [-0.2, -0.15) is 5.10 Å². The highest BCUT2D eigenvalue weighted by Gasteiger charge is 2.07. The van der Waals surface area contributed by atoms with Crippen LogP contribution in [0.25, 0.3) is 10.6 Å². The summed E-state index contributed by atoms with van der Waals surface area (Å²) in [6.45, 7) is 5.10. The van der Waals surface area contributed by atoms with Crippen molar-refractivity contribution in [1.29, 1.82) is 0 Å². The number of aromatic nitrogens is 2. The van der Waals surface area contributed by atoms with E-state index >= 15 is 0 Å². The molecule has 25 heavy (non-hydrogen) atoms. The maximum Gasteiger partial charge on any atom is 0.251 e. The van der Waals surface area contributed by atoms with Crippen LogP contribution in [0.1, 0.15) is 24.2 Å². The molecule has 130 valence electrons. The van der Waals surface area contributed by atoms with Gasteiger partial charge in [0, 0.05) is 18.3 Å². The van der Waals surface area contributed by atoms with E-state index in [2.05, 4.69) is 10.4 Å². The molecule has 0 aliphatic heterocycles. The highest BCUT2D eigenvalue weighted by atomic mass is 32.1. The normalized spacial score (nSPS) is 10.8. The van der Waals surface area contributed by atoms with Crippen molar-refractivity contribution in [2.45, 2.75) is 26.5 Å². The predicted octanol–water partition coefficient (Wildman–Crippen LogP) is 3.83. The number of thiophene rings is 1. The third kappa shape index (κ3) is 4.70. The van der Waals surface area contributed by atoms with Crippen LogP contribution >= 0.6 is 11.3 Å². The van der Waals surface area contributed by atoms with Crippen LogP contribution < -0.4 is 10.1 Å². The maximum atomic E-state index is 12.2. The number of carbonyl (C=O) groups is 1. The molecule has 0 aliphatic carbocycles. The molecule has 1 aromatic carbocycles. The van der Waals surface area contributed by atoms with Gasteiger partial charge < -0.3 is 10.1 Å². The Kier molecular flexibility index (Phi) is 5.50. The number of nitrogens with zero attached hydrogens (tertiary/aromatic N) is 2. The van der Waals surface area contributed by atoms with E-state index in [-0.39, 0.29) is 12.0 Å². The molecule has 2 heterocycles. The molecule has 3 aromatic rings. The third-order valence-electron chi connectivity index (χ3n) is 3.53. The van der Waals surface area contributed by atoms with Crippen molar-refractivity contribution >= 4 is 17.2 Å². The van der Waals surface area contributed by atoms with Gasteiger partial charge in [0.2, 0.25) is 0 Å². The zero-order valence-electron chi connectivity index (χ0n) is 14.3. The Labute approximate surface area is 151 Å². The Hall–Kier alpha value is -2.60. The fourth-order valence-electron chi connectivity index (χ4n) is 2.39. The molecular weight excluding hydrogens is 334 g/mol. The van der Waals surface area contributed by atoms with Gasteiger partial charge in [-0.3, -0.25) is 9.48 Å². The van der Waals surface area contributed by atoms with Crippen molar-refractivity contribution in [3.63, 3.8) is 0 Å². The zero-order valence-corrected chi connectivity index (χ0v) is 15.1. The molecule has 0 aliphatic rings. The Morgan fingerprint density at radius 1 is 1.24 bits per heavy atom. The topological polar surface area (TPSA) is 56.1 Å². The van der Waals surface area contributed by atoms with Crippen molar-refractivity contribution in [2.75, 3.05) is 6.54 Å². The second-order valence-corrected chi connectivity index (χ2v) is 6.84. The predicted molar refractivity (Wildman–Crippen MR) is 100 cm³/mol. The minimum absolute atomic E-state index is 0.0956. The molecule has 0 fully saturated rings. The van der Waals surface area contributed by atoms with Crippen LogP contribution in [0.15, 0.2) is 54.0 Å². The van der Waals surface area contributed by atoms with E-state index in [1.807, 2.05) is 60.4 Å². The number of nitrogens with one attached hydrogen (secondary N) is 1. The van der Waals surface area contributed by atoms with Gasteiger partial charge in [0.1, 0.15) is 11.4 Å². The van der Waals surface area contributed by atoms with Gasteiger partial charge in [-0.25, -0.2) is 0 Å². The Morgan fingerprint density at radius 2 is 2.04 bits per heavy atom. The molecule has 0 atom stereocenters. The van der Waals surface area contributed by atoms with E-state index < -0.39 is 0 Å². The first-order valence-corrected chi connectivity index (χ1v) is 9.12. The van der Waals surface area contributed by atoms with Crippen LogP contribution in [0.4, 0.5) is 0 Å². The number of amides is 1. The van der Waals surface area contributed by atoms with E-state index in [1.165, 1.54) is 0 Å². The lowest BCUT2D eigenvalue weighted by atomic mass is 10.2. The molecule has 0 spiro atoms. The van der Waals surface area contributed by atoms with Crippen LogP contribution in [0, 0.1) is 0 Å². The molecule has 0 bridgehead atoms. The van der Waals surface area contributed by atoms with Gasteiger partial charge in [0.05, 0.1) is 17.5 Å². The SMILES string of the molecule is CC(C)Oc1ccc(C(=O)NCCn2ccc(-c3cccs3)n2)cc1. The third-order valence-corrected chi connectivity index (χ3v) is 4.42. The summed E-state index contributed by atoms with van der Waals surface area (Å²) in [6, 6.07) is 13.2. The second-order valence-electron chi connectivity index (χ2n) is 5.89. The lowest BCUT2D eigenvalue weighted by molar-refractivity contribution is 0.0952. The first kappa shape index (κ1) is 17.2. The number of carbonyl (C=O) groups excluding carboxylic acids is 1. The molecule has 0 radical (unpaired) electrons. The van der Waals surface area contributed by atoms with Crippen LogP contribution in [0.5, 0.6) is 5.75 Å². The highest BCUT2D eigenvalue weighted by molar-refractivity contribution is 7.13. The fraction of sp³-hybridized carbons (Fsp3) is 0.263. The quantitative estimate of drug-likeness (QED) is 0.701. The van der Waals surface area contributed by atoms with Crippen molar-refractivity contribution in [3.05, 3.63) is 59.6 Å². The Bertz CT molecular complexity index is 808. The summed E-state index contributed by atoms with van der Waals surface area (Å²) >= 11 is 1.66. The monoisotopic (exact) mass is 355 g/mol. The minimum atomic E-state index is -0.0956. The number of benzene rings is 1. The molecule has 1 amide bonds.